The zero-order valence-corrected chi connectivity index (χ0v) is 16.9. The zero-order valence-electron chi connectivity index (χ0n) is 14.5. The molecule has 28 heavy (non-hydrogen) atoms. The van der Waals surface area contributed by atoms with Gasteiger partial charge in [0.2, 0.25) is 21.1 Å². The Kier molecular flexibility index (Phi) is 5.98. The fourth-order valence-corrected chi connectivity index (χ4v) is 3.95. The molecular formula is C16H15ClN6O3S2. The first-order valence-corrected chi connectivity index (χ1v) is 10.8. The van der Waals surface area contributed by atoms with Crippen molar-refractivity contribution in [1.29, 1.82) is 0 Å². The van der Waals surface area contributed by atoms with Crippen LogP contribution in [0.5, 0.6) is 0 Å². The second kappa shape index (κ2) is 8.27. The molecule has 0 aliphatic rings. The Morgan fingerprint density at radius 2 is 1.96 bits per heavy atom. The molecule has 0 spiro atoms. The molecule has 0 aliphatic carbocycles. The predicted molar refractivity (Wildman–Crippen MR) is 106 cm³/mol. The van der Waals surface area contributed by atoms with Gasteiger partial charge in [-0.3, -0.25) is 4.79 Å². The molecule has 1 amide bonds. The van der Waals surface area contributed by atoms with Crippen LogP contribution in [0.25, 0.3) is 5.69 Å². The highest BCUT2D eigenvalue weighted by molar-refractivity contribution is 7.99. The van der Waals surface area contributed by atoms with E-state index in [1.165, 1.54) is 10.7 Å². The van der Waals surface area contributed by atoms with Crippen LogP contribution in [0.3, 0.4) is 0 Å². The van der Waals surface area contributed by atoms with Gasteiger partial charge in [-0.25, -0.2) is 13.6 Å². The molecule has 9 nitrogen and oxygen atoms in total. The van der Waals surface area contributed by atoms with Gasteiger partial charge in [0, 0.05) is 10.7 Å². The first-order valence-electron chi connectivity index (χ1n) is 7.84. The van der Waals surface area contributed by atoms with Crippen molar-refractivity contribution in [2.24, 2.45) is 5.14 Å². The van der Waals surface area contributed by atoms with Crippen LogP contribution < -0.4 is 10.5 Å². The molecule has 0 unspecified atom stereocenters. The summed E-state index contributed by atoms with van der Waals surface area (Å²) >= 11 is 7.01. The fraction of sp³-hybridized carbons (Fsp3) is 0.125. The minimum absolute atomic E-state index is 0.0204. The maximum absolute atomic E-state index is 12.2. The van der Waals surface area contributed by atoms with E-state index in [0.29, 0.717) is 27.1 Å². The van der Waals surface area contributed by atoms with Crippen LogP contribution in [0.15, 0.2) is 52.5 Å². The molecule has 3 aromatic rings. The van der Waals surface area contributed by atoms with Crippen LogP contribution in [0.1, 0.15) is 5.56 Å². The van der Waals surface area contributed by atoms with Crippen molar-refractivity contribution >= 4 is 45.0 Å². The molecular weight excluding hydrogens is 424 g/mol. The van der Waals surface area contributed by atoms with Crippen LogP contribution in [0.4, 0.5) is 5.69 Å². The Hall–Kier alpha value is -2.47. The lowest BCUT2D eigenvalue weighted by Crippen LogP contribution is -2.17. The number of thioether (sulfide) groups is 1. The van der Waals surface area contributed by atoms with Crippen LogP contribution in [-0.2, 0) is 14.8 Å². The van der Waals surface area contributed by atoms with Crippen molar-refractivity contribution in [2.75, 3.05) is 11.1 Å². The maximum Gasteiger partial charge on any atom is 0.238 e. The van der Waals surface area contributed by atoms with E-state index in [1.807, 2.05) is 0 Å². The second-order valence-electron chi connectivity index (χ2n) is 5.71. The highest BCUT2D eigenvalue weighted by Gasteiger charge is 2.15. The standard InChI is InChI=1S/C16H15ClN6O3S2/c1-10-2-5-12(8-14(10)28(18,25)26)19-15(24)9-27-16-20-21-22-23(16)13-6-3-11(17)4-7-13/h2-8H,9H2,1H3,(H,19,24)(H2,18,25,26). The lowest BCUT2D eigenvalue weighted by Gasteiger charge is -2.09. The third-order valence-corrected chi connectivity index (χ3v) is 5.85. The molecule has 0 saturated heterocycles. The molecule has 146 valence electrons. The number of carbonyl (C=O) groups is 1. The molecule has 0 aliphatic heterocycles. The third-order valence-electron chi connectivity index (χ3n) is 3.62. The molecule has 0 saturated carbocycles. The van der Waals surface area contributed by atoms with Gasteiger partial charge in [-0.15, -0.1) is 5.10 Å². The number of nitrogens with zero attached hydrogens (tertiary/aromatic N) is 4. The maximum atomic E-state index is 12.2. The first kappa shape index (κ1) is 20.3. The Morgan fingerprint density at radius 1 is 1.25 bits per heavy atom. The van der Waals surface area contributed by atoms with Crippen molar-refractivity contribution < 1.29 is 13.2 Å². The average Bonchev–Trinajstić information content (AvgIpc) is 3.10. The van der Waals surface area contributed by atoms with Crippen molar-refractivity contribution in [2.45, 2.75) is 17.0 Å². The Morgan fingerprint density at radius 3 is 2.64 bits per heavy atom. The summed E-state index contributed by atoms with van der Waals surface area (Å²) in [6, 6.07) is 11.4. The molecule has 2 aromatic carbocycles. The summed E-state index contributed by atoms with van der Waals surface area (Å²) in [5, 5.41) is 20.3. The van der Waals surface area contributed by atoms with Gasteiger partial charge in [-0.2, -0.15) is 4.68 Å². The number of amides is 1. The lowest BCUT2D eigenvalue weighted by atomic mass is 10.2. The van der Waals surface area contributed by atoms with E-state index in [4.69, 9.17) is 16.7 Å². The SMILES string of the molecule is Cc1ccc(NC(=O)CSc2nnnn2-c2ccc(Cl)cc2)cc1S(N)(=O)=O. The van der Waals surface area contributed by atoms with Crippen LogP contribution in [-0.4, -0.2) is 40.3 Å². The summed E-state index contributed by atoms with van der Waals surface area (Å²) in [5.41, 5.74) is 1.53. The van der Waals surface area contributed by atoms with E-state index < -0.39 is 10.0 Å². The zero-order chi connectivity index (χ0) is 20.3. The normalized spacial score (nSPS) is 11.4. The Bertz CT molecular complexity index is 1120. The summed E-state index contributed by atoms with van der Waals surface area (Å²) in [6.07, 6.45) is 0. The lowest BCUT2D eigenvalue weighted by molar-refractivity contribution is -0.113. The number of hydrogen-bond donors (Lipinski definition) is 2. The number of nitrogens with one attached hydrogen (secondary N) is 1. The van der Waals surface area contributed by atoms with E-state index in [-0.39, 0.29) is 16.6 Å². The molecule has 1 aromatic heterocycles. The number of sulfonamides is 1. The van der Waals surface area contributed by atoms with Crippen molar-refractivity contribution in [3.8, 4) is 5.69 Å². The van der Waals surface area contributed by atoms with Gasteiger partial charge in [0.15, 0.2) is 0 Å². The van der Waals surface area contributed by atoms with E-state index in [9.17, 15) is 13.2 Å². The van der Waals surface area contributed by atoms with E-state index in [2.05, 4.69) is 20.8 Å². The average molecular weight is 439 g/mol. The molecule has 0 fully saturated rings. The highest BCUT2D eigenvalue weighted by atomic mass is 35.5. The highest BCUT2D eigenvalue weighted by Crippen LogP contribution is 2.21. The van der Waals surface area contributed by atoms with Gasteiger partial charge in [0.25, 0.3) is 0 Å². The molecule has 0 radical (unpaired) electrons. The molecule has 12 heteroatoms. The molecule has 3 N–H and O–H groups in total. The van der Waals surface area contributed by atoms with Crippen molar-refractivity contribution in [3.63, 3.8) is 0 Å². The topological polar surface area (TPSA) is 133 Å². The number of halogens is 1. The number of hydrogen-bond acceptors (Lipinski definition) is 7. The number of carbonyl (C=O) groups excluding carboxylic acids is 1. The quantitative estimate of drug-likeness (QED) is 0.562. The van der Waals surface area contributed by atoms with Gasteiger partial charge in [0.05, 0.1) is 16.3 Å². The Labute approximate surface area is 170 Å². The summed E-state index contributed by atoms with van der Waals surface area (Å²) in [7, 11) is -3.87. The number of aryl methyl sites for hydroxylation is 1. The monoisotopic (exact) mass is 438 g/mol. The van der Waals surface area contributed by atoms with E-state index in [1.54, 1.807) is 43.3 Å². The third kappa shape index (κ3) is 4.87. The van der Waals surface area contributed by atoms with E-state index >= 15 is 0 Å². The molecule has 0 atom stereocenters. The van der Waals surface area contributed by atoms with Gasteiger partial charge in [0.1, 0.15) is 0 Å². The number of benzene rings is 2. The smallest absolute Gasteiger partial charge is 0.238 e. The molecule has 1 heterocycles. The number of primary sulfonamides is 1. The minimum atomic E-state index is -3.87. The first-order chi connectivity index (χ1) is 13.2. The van der Waals surface area contributed by atoms with Crippen LogP contribution >= 0.6 is 23.4 Å². The summed E-state index contributed by atoms with van der Waals surface area (Å²) in [6.45, 7) is 1.62. The summed E-state index contributed by atoms with van der Waals surface area (Å²) < 4.78 is 24.7. The van der Waals surface area contributed by atoms with Crippen molar-refractivity contribution in [1.82, 2.24) is 20.2 Å². The molecule has 0 bridgehead atoms. The summed E-state index contributed by atoms with van der Waals surface area (Å²) in [4.78, 5) is 12.2. The molecule has 3 rings (SSSR count). The number of tetrazole rings is 1. The van der Waals surface area contributed by atoms with Gasteiger partial charge in [-0.05, 0) is 59.3 Å². The van der Waals surface area contributed by atoms with Gasteiger partial charge < -0.3 is 5.32 Å². The predicted octanol–water partition coefficient (Wildman–Crippen LogP) is 2.00. The number of anilines is 1. The van der Waals surface area contributed by atoms with Gasteiger partial charge >= 0.3 is 0 Å². The van der Waals surface area contributed by atoms with Crippen LogP contribution in [0, 0.1) is 6.92 Å². The number of rotatable bonds is 6. The summed E-state index contributed by atoms with van der Waals surface area (Å²) in [5.74, 6) is -0.327. The van der Waals surface area contributed by atoms with Crippen LogP contribution in [0.2, 0.25) is 5.02 Å². The van der Waals surface area contributed by atoms with Gasteiger partial charge in [-0.1, -0.05) is 29.4 Å². The number of nitrogens with two attached hydrogens (primary N) is 1. The minimum Gasteiger partial charge on any atom is -0.325 e. The second-order valence-corrected chi connectivity index (χ2v) is 8.62. The Balaban J connectivity index is 1.68. The van der Waals surface area contributed by atoms with Crippen molar-refractivity contribution in [3.05, 3.63) is 53.1 Å². The largest absolute Gasteiger partial charge is 0.325 e. The fourth-order valence-electron chi connectivity index (χ4n) is 2.32. The number of aromatic nitrogens is 4. The van der Waals surface area contributed by atoms with E-state index in [0.717, 1.165) is 11.8 Å².